The minimum absolute atomic E-state index is 0.663. The molecule has 0 spiro atoms. The Balaban J connectivity index is 2.11. The molecule has 1 aliphatic heterocycles. The maximum absolute atomic E-state index is 3.57. The van der Waals surface area contributed by atoms with Crippen molar-refractivity contribution < 1.29 is 0 Å². The van der Waals surface area contributed by atoms with E-state index in [1.165, 1.54) is 45.6 Å². The summed E-state index contributed by atoms with van der Waals surface area (Å²) in [7, 11) is 0. The molecule has 2 unspecified atom stereocenters. The van der Waals surface area contributed by atoms with E-state index in [2.05, 4.69) is 42.8 Å². The van der Waals surface area contributed by atoms with E-state index in [1.54, 1.807) is 0 Å². The Kier molecular flexibility index (Phi) is 7.09. The SMILES string of the molecule is CCC(C)NCCN1CCN(C(C)CC)CC1. The van der Waals surface area contributed by atoms with Crippen molar-refractivity contribution >= 4 is 0 Å². The van der Waals surface area contributed by atoms with Crippen molar-refractivity contribution in [2.75, 3.05) is 39.3 Å². The van der Waals surface area contributed by atoms with Gasteiger partial charge in [0.2, 0.25) is 0 Å². The molecule has 3 heteroatoms. The Morgan fingerprint density at radius 3 is 2.18 bits per heavy atom. The van der Waals surface area contributed by atoms with Gasteiger partial charge in [-0.05, 0) is 26.7 Å². The van der Waals surface area contributed by atoms with Crippen LogP contribution in [0, 0.1) is 0 Å². The molecule has 3 nitrogen and oxygen atoms in total. The van der Waals surface area contributed by atoms with Crippen LogP contribution in [0.4, 0.5) is 0 Å². The summed E-state index contributed by atoms with van der Waals surface area (Å²) in [5.74, 6) is 0. The van der Waals surface area contributed by atoms with Crippen LogP contribution < -0.4 is 5.32 Å². The van der Waals surface area contributed by atoms with Crippen molar-refractivity contribution in [2.45, 2.75) is 52.6 Å². The predicted molar refractivity (Wildman–Crippen MR) is 75.5 cm³/mol. The van der Waals surface area contributed by atoms with Crippen molar-refractivity contribution in [3.8, 4) is 0 Å². The number of hydrogen-bond acceptors (Lipinski definition) is 3. The first-order valence-corrected chi connectivity index (χ1v) is 7.37. The molecule has 17 heavy (non-hydrogen) atoms. The van der Waals surface area contributed by atoms with Gasteiger partial charge in [-0.1, -0.05) is 13.8 Å². The zero-order valence-corrected chi connectivity index (χ0v) is 12.2. The van der Waals surface area contributed by atoms with Gasteiger partial charge in [-0.2, -0.15) is 0 Å². The maximum atomic E-state index is 3.57. The molecule has 0 aromatic heterocycles. The Bertz CT molecular complexity index is 185. The molecular formula is C14H31N3. The highest BCUT2D eigenvalue weighted by atomic mass is 15.3. The molecule has 1 saturated heterocycles. The van der Waals surface area contributed by atoms with E-state index in [1.807, 2.05) is 0 Å². The first-order valence-electron chi connectivity index (χ1n) is 7.37. The molecule has 0 amide bonds. The van der Waals surface area contributed by atoms with E-state index in [4.69, 9.17) is 0 Å². The Labute approximate surface area is 108 Å². The largest absolute Gasteiger partial charge is 0.313 e. The van der Waals surface area contributed by atoms with Gasteiger partial charge in [-0.3, -0.25) is 9.80 Å². The maximum Gasteiger partial charge on any atom is 0.0113 e. The minimum Gasteiger partial charge on any atom is -0.313 e. The monoisotopic (exact) mass is 241 g/mol. The molecule has 0 bridgehead atoms. The van der Waals surface area contributed by atoms with Gasteiger partial charge in [0, 0.05) is 51.4 Å². The highest BCUT2D eigenvalue weighted by molar-refractivity contribution is 4.76. The fourth-order valence-corrected chi connectivity index (χ4v) is 2.30. The first-order chi connectivity index (χ1) is 8.17. The Morgan fingerprint density at radius 1 is 1.00 bits per heavy atom. The molecule has 0 aromatic rings. The van der Waals surface area contributed by atoms with E-state index in [0.717, 1.165) is 12.6 Å². The lowest BCUT2D eigenvalue weighted by Gasteiger charge is -2.38. The van der Waals surface area contributed by atoms with Gasteiger partial charge in [0.15, 0.2) is 0 Å². The Hall–Kier alpha value is -0.120. The summed E-state index contributed by atoms with van der Waals surface area (Å²) in [5, 5.41) is 3.57. The molecule has 1 aliphatic rings. The van der Waals surface area contributed by atoms with Gasteiger partial charge in [0.05, 0.1) is 0 Å². The first kappa shape index (κ1) is 14.9. The van der Waals surface area contributed by atoms with E-state index in [0.29, 0.717) is 6.04 Å². The smallest absolute Gasteiger partial charge is 0.0113 e. The zero-order valence-electron chi connectivity index (χ0n) is 12.2. The van der Waals surface area contributed by atoms with E-state index in [-0.39, 0.29) is 0 Å². The molecule has 0 radical (unpaired) electrons. The molecule has 1 N–H and O–H groups in total. The summed E-state index contributed by atoms with van der Waals surface area (Å²) in [6.45, 7) is 16.5. The van der Waals surface area contributed by atoms with E-state index < -0.39 is 0 Å². The van der Waals surface area contributed by atoms with Gasteiger partial charge in [0.25, 0.3) is 0 Å². The fraction of sp³-hybridized carbons (Fsp3) is 1.00. The fourth-order valence-electron chi connectivity index (χ4n) is 2.30. The molecule has 102 valence electrons. The van der Waals surface area contributed by atoms with Gasteiger partial charge >= 0.3 is 0 Å². The molecule has 2 atom stereocenters. The molecule has 1 rings (SSSR count). The summed E-state index contributed by atoms with van der Waals surface area (Å²) in [4.78, 5) is 5.22. The zero-order chi connectivity index (χ0) is 12.7. The van der Waals surface area contributed by atoms with Crippen molar-refractivity contribution in [3.63, 3.8) is 0 Å². The van der Waals surface area contributed by atoms with Crippen LogP contribution in [0.25, 0.3) is 0 Å². The number of piperazine rings is 1. The highest BCUT2D eigenvalue weighted by Gasteiger charge is 2.19. The molecular weight excluding hydrogens is 210 g/mol. The van der Waals surface area contributed by atoms with Gasteiger partial charge in [-0.15, -0.1) is 0 Å². The minimum atomic E-state index is 0.663. The van der Waals surface area contributed by atoms with E-state index in [9.17, 15) is 0 Å². The quantitative estimate of drug-likeness (QED) is 0.733. The topological polar surface area (TPSA) is 18.5 Å². The van der Waals surface area contributed by atoms with Crippen LogP contribution in [0.3, 0.4) is 0 Å². The summed E-state index contributed by atoms with van der Waals surface area (Å²) in [5.41, 5.74) is 0. The third-order valence-corrected chi connectivity index (χ3v) is 4.15. The average Bonchev–Trinajstić information content (AvgIpc) is 2.38. The van der Waals surface area contributed by atoms with Crippen LogP contribution in [0.1, 0.15) is 40.5 Å². The second-order valence-corrected chi connectivity index (χ2v) is 5.40. The van der Waals surface area contributed by atoms with Crippen LogP contribution in [-0.4, -0.2) is 61.2 Å². The van der Waals surface area contributed by atoms with Crippen LogP contribution >= 0.6 is 0 Å². The second kappa shape index (κ2) is 8.06. The summed E-state index contributed by atoms with van der Waals surface area (Å²) >= 11 is 0. The Morgan fingerprint density at radius 2 is 1.65 bits per heavy atom. The highest BCUT2D eigenvalue weighted by Crippen LogP contribution is 2.08. The van der Waals surface area contributed by atoms with Crippen LogP contribution in [-0.2, 0) is 0 Å². The predicted octanol–water partition coefficient (Wildman–Crippen LogP) is 1.79. The number of nitrogens with zero attached hydrogens (tertiary/aromatic N) is 2. The van der Waals surface area contributed by atoms with Crippen molar-refractivity contribution in [1.82, 2.24) is 15.1 Å². The molecule has 0 saturated carbocycles. The number of rotatable bonds is 7. The van der Waals surface area contributed by atoms with Gasteiger partial charge < -0.3 is 5.32 Å². The molecule has 0 aromatic carbocycles. The third-order valence-electron chi connectivity index (χ3n) is 4.15. The van der Waals surface area contributed by atoms with Crippen LogP contribution in [0.2, 0.25) is 0 Å². The summed E-state index contributed by atoms with van der Waals surface area (Å²) in [6, 6.07) is 1.42. The van der Waals surface area contributed by atoms with Crippen molar-refractivity contribution in [2.24, 2.45) is 0 Å². The normalized spacial score (nSPS) is 22.6. The lowest BCUT2D eigenvalue weighted by atomic mass is 10.2. The number of hydrogen-bond donors (Lipinski definition) is 1. The lowest BCUT2D eigenvalue weighted by molar-refractivity contribution is 0.101. The standard InChI is InChI=1S/C14H31N3/c1-5-13(3)15-7-8-16-9-11-17(12-10-16)14(4)6-2/h13-15H,5-12H2,1-4H3. The summed E-state index contributed by atoms with van der Waals surface area (Å²) in [6.07, 6.45) is 2.50. The van der Waals surface area contributed by atoms with E-state index >= 15 is 0 Å². The van der Waals surface area contributed by atoms with Crippen molar-refractivity contribution in [1.29, 1.82) is 0 Å². The lowest BCUT2D eigenvalue weighted by Crippen LogP contribution is -2.50. The van der Waals surface area contributed by atoms with Crippen LogP contribution in [0.5, 0.6) is 0 Å². The van der Waals surface area contributed by atoms with Gasteiger partial charge in [-0.25, -0.2) is 0 Å². The second-order valence-electron chi connectivity index (χ2n) is 5.40. The van der Waals surface area contributed by atoms with Crippen molar-refractivity contribution in [3.05, 3.63) is 0 Å². The van der Waals surface area contributed by atoms with Crippen LogP contribution in [0.15, 0.2) is 0 Å². The molecule has 1 heterocycles. The third kappa shape index (κ3) is 5.36. The summed E-state index contributed by atoms with van der Waals surface area (Å²) < 4.78 is 0. The molecule has 0 aliphatic carbocycles. The number of nitrogens with one attached hydrogen (secondary N) is 1. The molecule has 1 fully saturated rings. The van der Waals surface area contributed by atoms with Gasteiger partial charge in [0.1, 0.15) is 0 Å². The average molecular weight is 241 g/mol.